The minimum absolute atomic E-state index is 0.0964. The summed E-state index contributed by atoms with van der Waals surface area (Å²) in [7, 11) is 0. The van der Waals surface area contributed by atoms with Crippen molar-refractivity contribution in [3.8, 4) is 0 Å². The van der Waals surface area contributed by atoms with Gasteiger partial charge in [0.25, 0.3) is 5.91 Å². The van der Waals surface area contributed by atoms with Crippen molar-refractivity contribution in [2.24, 2.45) is 16.5 Å². The first-order chi connectivity index (χ1) is 10.8. The molecule has 1 amide bonds. The Labute approximate surface area is 144 Å². The molecule has 0 aliphatic carbocycles. The van der Waals surface area contributed by atoms with Gasteiger partial charge in [-0.05, 0) is 30.7 Å². The zero-order chi connectivity index (χ0) is 17.1. The van der Waals surface area contributed by atoms with Crippen molar-refractivity contribution in [2.75, 3.05) is 13.1 Å². The molecule has 0 radical (unpaired) electrons. The van der Waals surface area contributed by atoms with E-state index in [1.165, 1.54) is 0 Å². The Morgan fingerprint density at radius 2 is 2.22 bits per heavy atom. The number of hydrogen-bond acceptors (Lipinski definition) is 5. The molecule has 1 aliphatic heterocycles. The summed E-state index contributed by atoms with van der Waals surface area (Å²) >= 11 is 12.4. The maximum Gasteiger partial charge on any atom is 0.262 e. The van der Waals surface area contributed by atoms with E-state index in [2.05, 4.69) is 9.89 Å². The number of hydrogen-bond donors (Lipinski definition) is 3. The molecule has 1 aliphatic rings. The van der Waals surface area contributed by atoms with Gasteiger partial charge in [-0.3, -0.25) is 20.1 Å². The predicted molar refractivity (Wildman–Crippen MR) is 93.4 cm³/mol. The van der Waals surface area contributed by atoms with Crippen LogP contribution in [0.5, 0.6) is 0 Å². The average Bonchev–Trinajstić information content (AvgIpc) is 2.50. The first-order valence-electron chi connectivity index (χ1n) is 7.19. The quantitative estimate of drug-likeness (QED) is 0.702. The van der Waals surface area contributed by atoms with Gasteiger partial charge in [0.15, 0.2) is 0 Å². The van der Waals surface area contributed by atoms with E-state index in [9.17, 15) is 4.79 Å². The fraction of sp³-hybridized carbons (Fsp3) is 0.400. The van der Waals surface area contributed by atoms with Crippen LogP contribution in [0.15, 0.2) is 23.2 Å². The summed E-state index contributed by atoms with van der Waals surface area (Å²) in [5, 5.41) is 8.92. The summed E-state index contributed by atoms with van der Waals surface area (Å²) in [6.07, 6.45) is 0.118. The number of amidine groups is 1. The maximum absolute atomic E-state index is 11.2. The lowest BCUT2D eigenvalue weighted by atomic mass is 9.99. The number of benzene rings is 1. The second-order valence-corrected chi connectivity index (χ2v) is 6.29. The predicted octanol–water partition coefficient (Wildman–Crippen LogP) is 1.99. The van der Waals surface area contributed by atoms with Gasteiger partial charge in [-0.2, -0.15) is 0 Å². The summed E-state index contributed by atoms with van der Waals surface area (Å²) in [6.45, 7) is 3.17. The third-order valence-electron chi connectivity index (χ3n) is 3.99. The molecule has 0 fully saturated rings. The third-order valence-corrected chi connectivity index (χ3v) is 4.57. The molecule has 0 aromatic heterocycles. The van der Waals surface area contributed by atoms with Crippen molar-refractivity contribution in [1.82, 2.24) is 4.90 Å². The highest BCUT2D eigenvalue weighted by atomic mass is 35.5. The van der Waals surface area contributed by atoms with Gasteiger partial charge >= 0.3 is 0 Å². The minimum atomic E-state index is -0.753. The van der Waals surface area contributed by atoms with E-state index in [1.807, 2.05) is 13.0 Å². The van der Waals surface area contributed by atoms with E-state index >= 15 is 0 Å². The topological polar surface area (TPSA) is 109 Å². The molecule has 0 bridgehead atoms. The summed E-state index contributed by atoms with van der Waals surface area (Å²) in [4.78, 5) is 17.5. The molecular weight excluding hydrogens is 337 g/mol. The summed E-state index contributed by atoms with van der Waals surface area (Å²) in [5.74, 6) is -0.357. The van der Waals surface area contributed by atoms with Crippen molar-refractivity contribution in [1.29, 1.82) is 5.41 Å². The fourth-order valence-electron chi connectivity index (χ4n) is 2.72. The van der Waals surface area contributed by atoms with Crippen LogP contribution in [0.25, 0.3) is 0 Å². The largest absolute Gasteiger partial charge is 0.386 e. The minimum Gasteiger partial charge on any atom is -0.386 e. The molecule has 0 saturated carbocycles. The van der Waals surface area contributed by atoms with E-state index in [0.29, 0.717) is 29.0 Å². The lowest BCUT2D eigenvalue weighted by Crippen LogP contribution is -2.52. The molecule has 2 rings (SSSR count). The zero-order valence-electron chi connectivity index (χ0n) is 12.7. The number of rotatable bonds is 5. The number of aliphatic imine (C=N–C) groups is 1. The first-order valence-corrected chi connectivity index (χ1v) is 7.94. The SMILES string of the molecule is CC(c1cc(Cl)ccc1Cl)N1CCN=C(N)C1CC(=N)C(N)=O. The highest BCUT2D eigenvalue weighted by molar-refractivity contribution is 6.37. The lowest BCUT2D eigenvalue weighted by Gasteiger charge is -2.38. The van der Waals surface area contributed by atoms with E-state index in [4.69, 9.17) is 40.1 Å². The van der Waals surface area contributed by atoms with Crippen LogP contribution in [0.4, 0.5) is 0 Å². The molecule has 6 nitrogen and oxygen atoms in total. The molecule has 0 saturated heterocycles. The number of halogens is 2. The molecule has 8 heteroatoms. The number of carbonyl (C=O) groups excluding carboxylic acids is 1. The second-order valence-electron chi connectivity index (χ2n) is 5.45. The Morgan fingerprint density at radius 1 is 1.52 bits per heavy atom. The van der Waals surface area contributed by atoms with Crippen molar-refractivity contribution in [3.63, 3.8) is 0 Å². The van der Waals surface area contributed by atoms with Gasteiger partial charge < -0.3 is 11.5 Å². The molecule has 2 unspecified atom stereocenters. The monoisotopic (exact) mass is 355 g/mol. The Hall–Kier alpha value is -1.63. The number of nitrogens with two attached hydrogens (primary N) is 2. The average molecular weight is 356 g/mol. The van der Waals surface area contributed by atoms with Gasteiger partial charge in [0.1, 0.15) is 5.84 Å². The van der Waals surface area contributed by atoms with E-state index in [1.54, 1.807) is 12.1 Å². The second kappa shape index (κ2) is 7.29. The van der Waals surface area contributed by atoms with Gasteiger partial charge in [-0.15, -0.1) is 0 Å². The van der Waals surface area contributed by atoms with Crippen LogP contribution < -0.4 is 11.5 Å². The highest BCUT2D eigenvalue weighted by Crippen LogP contribution is 2.32. The molecule has 2 atom stereocenters. The number of primary amides is 1. The van der Waals surface area contributed by atoms with Crippen LogP contribution in [0.2, 0.25) is 10.0 Å². The first kappa shape index (κ1) is 17.7. The highest BCUT2D eigenvalue weighted by Gasteiger charge is 2.32. The zero-order valence-corrected chi connectivity index (χ0v) is 14.2. The van der Waals surface area contributed by atoms with E-state index in [0.717, 1.165) is 5.56 Å². The van der Waals surface area contributed by atoms with Gasteiger partial charge in [0.2, 0.25) is 0 Å². The Balaban J connectivity index is 2.31. The molecule has 1 aromatic rings. The Morgan fingerprint density at radius 3 is 2.87 bits per heavy atom. The summed E-state index contributed by atoms with van der Waals surface area (Å²) in [5.41, 5.74) is 11.9. The van der Waals surface area contributed by atoms with Crippen LogP contribution in [-0.4, -0.2) is 41.5 Å². The van der Waals surface area contributed by atoms with E-state index in [-0.39, 0.29) is 24.2 Å². The van der Waals surface area contributed by atoms with Gasteiger partial charge in [-0.1, -0.05) is 23.2 Å². The Bertz CT molecular complexity index is 661. The van der Waals surface area contributed by atoms with Crippen molar-refractivity contribution < 1.29 is 4.79 Å². The van der Waals surface area contributed by atoms with Crippen molar-refractivity contribution in [3.05, 3.63) is 33.8 Å². The fourth-order valence-corrected chi connectivity index (χ4v) is 3.17. The molecule has 23 heavy (non-hydrogen) atoms. The van der Waals surface area contributed by atoms with Crippen molar-refractivity contribution in [2.45, 2.75) is 25.4 Å². The summed E-state index contributed by atoms with van der Waals surface area (Å²) in [6, 6.07) is 4.83. The standard InChI is InChI=1S/C15H19Cl2N5O/c1-8(10-6-9(16)2-3-11(10)17)22-5-4-21-14(19)13(22)7-12(18)15(20)23/h2-3,6,8,13,18H,4-5,7H2,1H3,(H2,19,21)(H2,20,23). The number of nitrogens with zero attached hydrogens (tertiary/aromatic N) is 2. The van der Waals surface area contributed by atoms with Gasteiger partial charge in [0.05, 0.1) is 18.3 Å². The van der Waals surface area contributed by atoms with Crippen LogP contribution in [-0.2, 0) is 4.79 Å². The third kappa shape index (κ3) is 4.02. The maximum atomic E-state index is 11.2. The van der Waals surface area contributed by atoms with Gasteiger partial charge in [0, 0.05) is 29.1 Å². The van der Waals surface area contributed by atoms with Crippen molar-refractivity contribution >= 4 is 40.7 Å². The Kier molecular flexibility index (Phi) is 5.62. The molecular formula is C15H19Cl2N5O. The summed E-state index contributed by atoms with van der Waals surface area (Å²) < 4.78 is 0. The lowest BCUT2D eigenvalue weighted by molar-refractivity contribution is -0.112. The molecule has 5 N–H and O–H groups in total. The molecule has 1 aromatic carbocycles. The normalized spacial score (nSPS) is 20.0. The van der Waals surface area contributed by atoms with Crippen LogP contribution in [0, 0.1) is 5.41 Å². The smallest absolute Gasteiger partial charge is 0.262 e. The van der Waals surface area contributed by atoms with Crippen LogP contribution in [0.1, 0.15) is 24.9 Å². The number of nitrogens with one attached hydrogen (secondary N) is 1. The van der Waals surface area contributed by atoms with Crippen LogP contribution >= 0.6 is 23.2 Å². The molecule has 1 heterocycles. The van der Waals surface area contributed by atoms with Crippen LogP contribution in [0.3, 0.4) is 0 Å². The molecule has 124 valence electrons. The van der Waals surface area contributed by atoms with E-state index < -0.39 is 5.91 Å². The van der Waals surface area contributed by atoms with Gasteiger partial charge in [-0.25, -0.2) is 0 Å². The number of carbonyl (C=O) groups is 1. The number of amides is 1. The molecule has 0 spiro atoms.